The third kappa shape index (κ3) is 4.97. The maximum absolute atomic E-state index is 12.4. The highest BCUT2D eigenvalue weighted by atomic mass is 35.5. The zero-order chi connectivity index (χ0) is 15.3. The predicted octanol–water partition coefficient (Wildman–Crippen LogP) is 1.72. The number of nitrogens with zero attached hydrogens (tertiary/aromatic N) is 1. The average molecular weight is 326 g/mol. The Morgan fingerprint density at radius 1 is 1.23 bits per heavy atom. The van der Waals surface area contributed by atoms with E-state index < -0.39 is 5.41 Å². The van der Waals surface area contributed by atoms with Gasteiger partial charge in [0.1, 0.15) is 0 Å². The van der Waals surface area contributed by atoms with Crippen LogP contribution < -0.4 is 10.6 Å². The van der Waals surface area contributed by atoms with Gasteiger partial charge >= 0.3 is 0 Å². The van der Waals surface area contributed by atoms with Gasteiger partial charge in [-0.15, -0.1) is 12.4 Å². The minimum Gasteiger partial charge on any atom is -0.354 e. The number of halogens is 1. The van der Waals surface area contributed by atoms with E-state index in [-0.39, 0.29) is 18.3 Å². The largest absolute Gasteiger partial charge is 0.354 e. The maximum atomic E-state index is 12.4. The molecule has 0 aromatic heterocycles. The second kappa shape index (κ2) is 8.51. The lowest BCUT2D eigenvalue weighted by molar-refractivity contribution is -0.125. The highest BCUT2D eigenvalue weighted by Gasteiger charge is 2.29. The summed E-state index contributed by atoms with van der Waals surface area (Å²) in [7, 11) is 0. The normalized spacial score (nSPS) is 16.0. The molecule has 4 nitrogen and oxygen atoms in total. The molecule has 0 saturated carbocycles. The van der Waals surface area contributed by atoms with E-state index in [0.717, 1.165) is 38.3 Å². The van der Waals surface area contributed by atoms with Crippen molar-refractivity contribution >= 4 is 18.3 Å². The molecule has 1 aliphatic rings. The summed E-state index contributed by atoms with van der Waals surface area (Å²) >= 11 is 0. The number of hydrogen-bond donors (Lipinski definition) is 2. The molecule has 0 unspecified atom stereocenters. The van der Waals surface area contributed by atoms with Crippen LogP contribution in [-0.4, -0.2) is 50.1 Å². The molecule has 0 bridgehead atoms. The summed E-state index contributed by atoms with van der Waals surface area (Å²) < 4.78 is 0. The quantitative estimate of drug-likeness (QED) is 0.866. The number of carbonyl (C=O) groups excluding carboxylic acids is 1. The van der Waals surface area contributed by atoms with Gasteiger partial charge in [-0.25, -0.2) is 0 Å². The lowest BCUT2D eigenvalue weighted by Crippen LogP contribution is -2.48. The lowest BCUT2D eigenvalue weighted by Gasteiger charge is -2.28. The van der Waals surface area contributed by atoms with E-state index in [1.54, 1.807) is 0 Å². The van der Waals surface area contributed by atoms with E-state index in [0.29, 0.717) is 6.54 Å². The first-order valence-corrected chi connectivity index (χ1v) is 7.78. The second-order valence-corrected chi connectivity index (χ2v) is 6.34. The Morgan fingerprint density at radius 3 is 2.41 bits per heavy atom. The third-order valence-corrected chi connectivity index (χ3v) is 4.26. The van der Waals surface area contributed by atoms with Crippen molar-refractivity contribution in [1.82, 2.24) is 15.5 Å². The van der Waals surface area contributed by atoms with Gasteiger partial charge in [-0.1, -0.05) is 29.8 Å². The smallest absolute Gasteiger partial charge is 0.230 e. The van der Waals surface area contributed by atoms with Gasteiger partial charge in [-0.05, 0) is 26.3 Å². The summed E-state index contributed by atoms with van der Waals surface area (Å²) in [5, 5.41) is 6.42. The Labute approximate surface area is 140 Å². The maximum Gasteiger partial charge on any atom is 0.230 e. The predicted molar refractivity (Wildman–Crippen MR) is 93.8 cm³/mol. The molecule has 2 rings (SSSR count). The lowest BCUT2D eigenvalue weighted by atomic mass is 9.83. The van der Waals surface area contributed by atoms with Crippen LogP contribution in [0.2, 0.25) is 0 Å². The van der Waals surface area contributed by atoms with Crippen LogP contribution in [0, 0.1) is 6.92 Å². The second-order valence-electron chi connectivity index (χ2n) is 6.34. The monoisotopic (exact) mass is 325 g/mol. The number of amides is 1. The van der Waals surface area contributed by atoms with Gasteiger partial charge < -0.3 is 10.6 Å². The average Bonchev–Trinajstić information content (AvgIpc) is 2.48. The molecular weight excluding hydrogens is 298 g/mol. The summed E-state index contributed by atoms with van der Waals surface area (Å²) in [6.45, 7) is 11.9. The first-order chi connectivity index (χ1) is 10.00. The van der Waals surface area contributed by atoms with Gasteiger partial charge in [0, 0.05) is 39.3 Å². The highest BCUT2D eigenvalue weighted by Crippen LogP contribution is 2.23. The minimum atomic E-state index is -0.489. The minimum absolute atomic E-state index is 0. The van der Waals surface area contributed by atoms with Crippen molar-refractivity contribution in [2.24, 2.45) is 0 Å². The van der Waals surface area contributed by atoms with E-state index in [4.69, 9.17) is 0 Å². The van der Waals surface area contributed by atoms with Gasteiger partial charge in [0.15, 0.2) is 0 Å². The molecule has 2 N–H and O–H groups in total. The van der Waals surface area contributed by atoms with Crippen LogP contribution in [0.3, 0.4) is 0 Å². The molecule has 124 valence electrons. The van der Waals surface area contributed by atoms with E-state index >= 15 is 0 Å². The number of hydrogen-bond acceptors (Lipinski definition) is 3. The van der Waals surface area contributed by atoms with Crippen LogP contribution in [0.1, 0.15) is 25.0 Å². The fourth-order valence-corrected chi connectivity index (χ4v) is 2.58. The molecule has 1 fully saturated rings. The number of piperazine rings is 1. The molecule has 1 amide bonds. The standard InChI is InChI=1S/C17H27N3O.ClH/c1-14-4-6-15(7-5-14)17(2,3)16(21)19-10-13-20-11-8-18-9-12-20;/h4-7,18H,8-13H2,1-3H3,(H,19,21);1H. The van der Waals surface area contributed by atoms with Crippen LogP contribution in [0.15, 0.2) is 24.3 Å². The van der Waals surface area contributed by atoms with Crippen molar-refractivity contribution in [2.75, 3.05) is 39.3 Å². The Morgan fingerprint density at radius 2 is 1.82 bits per heavy atom. The van der Waals surface area contributed by atoms with E-state index in [9.17, 15) is 4.79 Å². The molecule has 0 aliphatic carbocycles. The number of nitrogens with one attached hydrogen (secondary N) is 2. The number of rotatable bonds is 5. The first-order valence-electron chi connectivity index (χ1n) is 7.78. The summed E-state index contributed by atoms with van der Waals surface area (Å²) in [6, 6.07) is 8.21. The van der Waals surface area contributed by atoms with Crippen molar-refractivity contribution in [3.8, 4) is 0 Å². The van der Waals surface area contributed by atoms with Crippen LogP contribution in [0.5, 0.6) is 0 Å². The topological polar surface area (TPSA) is 44.4 Å². The van der Waals surface area contributed by atoms with E-state index in [1.807, 2.05) is 26.0 Å². The van der Waals surface area contributed by atoms with Crippen LogP contribution in [0.4, 0.5) is 0 Å². The van der Waals surface area contributed by atoms with Crippen LogP contribution in [0.25, 0.3) is 0 Å². The number of benzene rings is 1. The number of carbonyl (C=O) groups is 1. The molecule has 1 aliphatic heterocycles. The third-order valence-electron chi connectivity index (χ3n) is 4.26. The van der Waals surface area contributed by atoms with Gasteiger partial charge in [0.05, 0.1) is 5.41 Å². The van der Waals surface area contributed by atoms with Gasteiger partial charge in [-0.2, -0.15) is 0 Å². The fourth-order valence-electron chi connectivity index (χ4n) is 2.58. The molecule has 1 saturated heterocycles. The van der Waals surface area contributed by atoms with Gasteiger partial charge in [-0.3, -0.25) is 9.69 Å². The molecule has 22 heavy (non-hydrogen) atoms. The summed E-state index contributed by atoms with van der Waals surface area (Å²) in [6.07, 6.45) is 0. The van der Waals surface area contributed by atoms with Crippen LogP contribution >= 0.6 is 12.4 Å². The highest BCUT2D eigenvalue weighted by molar-refractivity contribution is 5.87. The fraction of sp³-hybridized carbons (Fsp3) is 0.588. The first kappa shape index (κ1) is 18.9. The van der Waals surface area contributed by atoms with Crippen molar-refractivity contribution in [3.63, 3.8) is 0 Å². The molecule has 5 heteroatoms. The van der Waals surface area contributed by atoms with E-state index in [2.05, 4.69) is 34.6 Å². The molecular formula is C17H28ClN3O. The van der Waals surface area contributed by atoms with Crippen molar-refractivity contribution in [2.45, 2.75) is 26.2 Å². The summed E-state index contributed by atoms with van der Waals surface area (Å²) in [4.78, 5) is 14.8. The molecule has 1 heterocycles. The van der Waals surface area contributed by atoms with Gasteiger partial charge in [0.2, 0.25) is 5.91 Å². The molecule has 0 atom stereocenters. The molecule has 0 spiro atoms. The van der Waals surface area contributed by atoms with Crippen molar-refractivity contribution in [1.29, 1.82) is 0 Å². The Hall–Kier alpha value is -1.10. The Balaban J connectivity index is 0.00000242. The van der Waals surface area contributed by atoms with Gasteiger partial charge in [0.25, 0.3) is 0 Å². The molecule has 1 aromatic rings. The van der Waals surface area contributed by atoms with Crippen molar-refractivity contribution < 1.29 is 4.79 Å². The molecule has 1 aromatic carbocycles. The molecule has 0 radical (unpaired) electrons. The van der Waals surface area contributed by atoms with Crippen LogP contribution in [-0.2, 0) is 10.2 Å². The Bertz CT molecular complexity index is 467. The summed E-state index contributed by atoms with van der Waals surface area (Å²) in [5.74, 6) is 0.0986. The van der Waals surface area contributed by atoms with E-state index in [1.165, 1.54) is 5.56 Å². The SMILES string of the molecule is Cc1ccc(C(C)(C)C(=O)NCCN2CCNCC2)cc1.Cl. The van der Waals surface area contributed by atoms with Crippen molar-refractivity contribution in [3.05, 3.63) is 35.4 Å². The zero-order valence-electron chi connectivity index (χ0n) is 13.8. The Kier molecular flexibility index (Phi) is 7.33. The number of aryl methyl sites for hydroxylation is 1. The summed E-state index contributed by atoms with van der Waals surface area (Å²) in [5.41, 5.74) is 1.79. The zero-order valence-corrected chi connectivity index (χ0v) is 14.6.